The maximum atomic E-state index is 12.8. The molecule has 3 rings (SSSR count). The van der Waals surface area contributed by atoms with E-state index >= 15 is 0 Å². The monoisotopic (exact) mass is 356 g/mol. The Morgan fingerprint density at radius 2 is 1.88 bits per heavy atom. The Labute approximate surface area is 148 Å². The number of nitro groups is 2. The van der Waals surface area contributed by atoms with E-state index in [-0.39, 0.29) is 17.3 Å². The molecule has 0 aromatic heterocycles. The van der Waals surface area contributed by atoms with Crippen LogP contribution in [-0.2, 0) is 11.2 Å². The first-order valence-corrected chi connectivity index (χ1v) is 7.97. The first kappa shape index (κ1) is 17.3. The van der Waals surface area contributed by atoms with Gasteiger partial charge in [0.15, 0.2) is 0 Å². The number of anilines is 2. The molecule has 1 aliphatic heterocycles. The van der Waals surface area contributed by atoms with Gasteiger partial charge in [0, 0.05) is 18.3 Å². The molecule has 0 saturated carbocycles. The quantitative estimate of drug-likeness (QED) is 0.650. The molecule has 0 radical (unpaired) electrons. The van der Waals surface area contributed by atoms with E-state index in [4.69, 9.17) is 0 Å². The summed E-state index contributed by atoms with van der Waals surface area (Å²) >= 11 is 0. The molecule has 9 nitrogen and oxygen atoms in total. The minimum Gasteiger partial charge on any atom is -0.368 e. The SMILES string of the molecule is CC(Nc1ccc([N+](=O)[O-])cc1[N+](=O)[O-])C(=O)N1CCc2ccccc21. The first-order chi connectivity index (χ1) is 12.4. The molecule has 26 heavy (non-hydrogen) atoms. The zero-order chi connectivity index (χ0) is 18.8. The Morgan fingerprint density at radius 3 is 2.58 bits per heavy atom. The second-order valence-electron chi connectivity index (χ2n) is 5.95. The molecule has 1 amide bonds. The van der Waals surface area contributed by atoms with Gasteiger partial charge in [-0.15, -0.1) is 0 Å². The number of nitrogens with one attached hydrogen (secondary N) is 1. The molecule has 1 aliphatic rings. The third-order valence-corrected chi connectivity index (χ3v) is 4.28. The van der Waals surface area contributed by atoms with Crippen molar-refractivity contribution in [1.29, 1.82) is 0 Å². The summed E-state index contributed by atoms with van der Waals surface area (Å²) in [6.45, 7) is 2.15. The van der Waals surface area contributed by atoms with Crippen LogP contribution >= 0.6 is 0 Å². The molecule has 1 N–H and O–H groups in total. The number of non-ortho nitro benzene ring substituents is 1. The van der Waals surface area contributed by atoms with E-state index < -0.39 is 21.6 Å². The fourth-order valence-corrected chi connectivity index (χ4v) is 3.00. The van der Waals surface area contributed by atoms with E-state index in [2.05, 4.69) is 5.32 Å². The molecule has 1 atom stereocenters. The van der Waals surface area contributed by atoms with Gasteiger partial charge in [-0.05, 0) is 31.0 Å². The number of nitrogens with zero attached hydrogens (tertiary/aromatic N) is 3. The van der Waals surface area contributed by atoms with E-state index in [1.54, 1.807) is 11.8 Å². The number of rotatable bonds is 5. The Morgan fingerprint density at radius 1 is 1.15 bits per heavy atom. The second kappa shape index (κ2) is 6.79. The van der Waals surface area contributed by atoms with Crippen LogP contribution in [0, 0.1) is 20.2 Å². The van der Waals surface area contributed by atoms with E-state index in [9.17, 15) is 25.0 Å². The van der Waals surface area contributed by atoms with Gasteiger partial charge in [-0.2, -0.15) is 0 Å². The summed E-state index contributed by atoms with van der Waals surface area (Å²) in [5.74, 6) is -0.220. The van der Waals surface area contributed by atoms with E-state index in [0.717, 1.165) is 29.8 Å². The minimum absolute atomic E-state index is 0.0638. The highest BCUT2D eigenvalue weighted by atomic mass is 16.6. The summed E-state index contributed by atoms with van der Waals surface area (Å²) in [6.07, 6.45) is 0.756. The number of hydrogen-bond donors (Lipinski definition) is 1. The highest BCUT2D eigenvalue weighted by Crippen LogP contribution is 2.31. The highest BCUT2D eigenvalue weighted by molar-refractivity contribution is 6.00. The normalized spacial score (nSPS) is 13.8. The van der Waals surface area contributed by atoms with Crippen molar-refractivity contribution < 1.29 is 14.6 Å². The van der Waals surface area contributed by atoms with Crippen molar-refractivity contribution in [2.24, 2.45) is 0 Å². The first-order valence-electron chi connectivity index (χ1n) is 7.97. The Bertz CT molecular complexity index is 898. The highest BCUT2D eigenvalue weighted by Gasteiger charge is 2.29. The minimum atomic E-state index is -0.735. The van der Waals surface area contributed by atoms with Gasteiger partial charge in [0.1, 0.15) is 11.7 Å². The second-order valence-corrected chi connectivity index (χ2v) is 5.95. The van der Waals surface area contributed by atoms with Crippen LogP contribution in [0.4, 0.5) is 22.7 Å². The van der Waals surface area contributed by atoms with Gasteiger partial charge >= 0.3 is 0 Å². The van der Waals surface area contributed by atoms with Crippen LogP contribution in [-0.4, -0.2) is 28.3 Å². The molecule has 1 heterocycles. The van der Waals surface area contributed by atoms with Gasteiger partial charge in [-0.25, -0.2) is 0 Å². The Balaban J connectivity index is 1.82. The predicted octanol–water partition coefficient (Wildman–Crippen LogP) is 2.89. The number of benzene rings is 2. The maximum absolute atomic E-state index is 12.8. The van der Waals surface area contributed by atoms with Crippen LogP contribution in [0.5, 0.6) is 0 Å². The third kappa shape index (κ3) is 3.18. The molecule has 0 saturated heterocycles. The van der Waals surface area contributed by atoms with Crippen molar-refractivity contribution in [3.8, 4) is 0 Å². The lowest BCUT2D eigenvalue weighted by Gasteiger charge is -2.23. The molecule has 2 aromatic rings. The summed E-state index contributed by atoms with van der Waals surface area (Å²) in [6, 6.07) is 10.1. The average Bonchev–Trinajstić information content (AvgIpc) is 3.05. The van der Waals surface area contributed by atoms with Crippen molar-refractivity contribution in [2.75, 3.05) is 16.8 Å². The van der Waals surface area contributed by atoms with Gasteiger partial charge < -0.3 is 10.2 Å². The van der Waals surface area contributed by atoms with Crippen molar-refractivity contribution in [2.45, 2.75) is 19.4 Å². The number of para-hydroxylation sites is 1. The van der Waals surface area contributed by atoms with Crippen molar-refractivity contribution >= 4 is 28.7 Å². The van der Waals surface area contributed by atoms with Crippen molar-refractivity contribution in [3.63, 3.8) is 0 Å². The number of carbonyl (C=O) groups excluding carboxylic acids is 1. The van der Waals surface area contributed by atoms with Crippen LogP contribution in [0.2, 0.25) is 0 Å². The van der Waals surface area contributed by atoms with Crippen molar-refractivity contribution in [3.05, 3.63) is 68.3 Å². The van der Waals surface area contributed by atoms with Crippen LogP contribution < -0.4 is 10.2 Å². The molecule has 9 heteroatoms. The summed E-state index contributed by atoms with van der Waals surface area (Å²) < 4.78 is 0. The topological polar surface area (TPSA) is 119 Å². The summed E-state index contributed by atoms with van der Waals surface area (Å²) in [7, 11) is 0. The zero-order valence-electron chi connectivity index (χ0n) is 13.9. The standard InChI is InChI=1S/C17H16N4O5/c1-11(17(22)19-9-8-12-4-2-3-5-15(12)19)18-14-7-6-13(20(23)24)10-16(14)21(25)26/h2-7,10-11,18H,8-9H2,1H3. The van der Waals surface area contributed by atoms with Gasteiger partial charge in [0.05, 0.1) is 15.9 Å². The van der Waals surface area contributed by atoms with Gasteiger partial charge in [-0.3, -0.25) is 25.0 Å². The van der Waals surface area contributed by atoms with Gasteiger partial charge in [0.25, 0.3) is 11.4 Å². The van der Waals surface area contributed by atoms with E-state index in [1.165, 1.54) is 6.07 Å². The lowest BCUT2D eigenvalue weighted by molar-refractivity contribution is -0.393. The summed E-state index contributed by atoms with van der Waals surface area (Å²) in [5.41, 5.74) is 1.16. The fourth-order valence-electron chi connectivity index (χ4n) is 3.00. The zero-order valence-corrected chi connectivity index (χ0v) is 13.9. The van der Waals surface area contributed by atoms with Crippen LogP contribution in [0.1, 0.15) is 12.5 Å². The summed E-state index contributed by atoms with van der Waals surface area (Å²) in [5, 5.41) is 24.8. The largest absolute Gasteiger partial charge is 0.368 e. The molecule has 0 spiro atoms. The average molecular weight is 356 g/mol. The summed E-state index contributed by atoms with van der Waals surface area (Å²) in [4.78, 5) is 35.0. The van der Waals surface area contributed by atoms with E-state index in [1.807, 2.05) is 24.3 Å². The molecular weight excluding hydrogens is 340 g/mol. The Kier molecular flexibility index (Phi) is 4.53. The molecule has 0 fully saturated rings. The van der Waals surface area contributed by atoms with Crippen LogP contribution in [0.3, 0.4) is 0 Å². The predicted molar refractivity (Wildman–Crippen MR) is 95.3 cm³/mol. The molecule has 1 unspecified atom stereocenters. The molecule has 2 aromatic carbocycles. The number of amides is 1. The van der Waals surface area contributed by atoms with Gasteiger partial charge in [-0.1, -0.05) is 18.2 Å². The van der Waals surface area contributed by atoms with E-state index in [0.29, 0.717) is 6.54 Å². The van der Waals surface area contributed by atoms with Crippen LogP contribution in [0.15, 0.2) is 42.5 Å². The molecule has 0 bridgehead atoms. The number of carbonyl (C=O) groups is 1. The number of hydrogen-bond acceptors (Lipinski definition) is 6. The molecular formula is C17H16N4O5. The lowest BCUT2D eigenvalue weighted by atomic mass is 10.1. The third-order valence-electron chi connectivity index (χ3n) is 4.28. The van der Waals surface area contributed by atoms with Gasteiger partial charge in [0.2, 0.25) is 5.91 Å². The van der Waals surface area contributed by atoms with Crippen molar-refractivity contribution in [1.82, 2.24) is 0 Å². The fraction of sp³-hybridized carbons (Fsp3) is 0.235. The number of fused-ring (bicyclic) bond motifs is 1. The smallest absolute Gasteiger partial charge is 0.299 e. The Hall–Kier alpha value is -3.49. The lowest BCUT2D eigenvalue weighted by Crippen LogP contribution is -2.40. The maximum Gasteiger partial charge on any atom is 0.299 e. The molecule has 0 aliphatic carbocycles. The number of nitro benzene ring substituents is 2. The van der Waals surface area contributed by atoms with Crippen LogP contribution in [0.25, 0.3) is 0 Å². The molecule has 134 valence electrons.